The Balaban J connectivity index is 1.82. The number of fused-ring (bicyclic) bond motifs is 1. The maximum absolute atomic E-state index is 6.22. The molecule has 21 heavy (non-hydrogen) atoms. The molecule has 0 aromatic carbocycles. The molecule has 0 bridgehead atoms. The summed E-state index contributed by atoms with van der Waals surface area (Å²) in [6, 6.07) is 0.830. The maximum atomic E-state index is 6.22. The molecule has 3 heterocycles. The van der Waals surface area contributed by atoms with E-state index in [0.29, 0.717) is 6.04 Å². The van der Waals surface area contributed by atoms with Gasteiger partial charge in [-0.15, -0.1) is 0 Å². The number of nitrogens with zero attached hydrogens (tertiary/aromatic N) is 3. The summed E-state index contributed by atoms with van der Waals surface area (Å²) in [5, 5.41) is 8.07. The molecule has 3 rings (SSSR count). The van der Waals surface area contributed by atoms with E-state index in [2.05, 4.69) is 49.8 Å². The van der Waals surface area contributed by atoms with Gasteiger partial charge in [-0.2, -0.15) is 5.10 Å². The highest BCUT2D eigenvalue weighted by Gasteiger charge is 2.37. The van der Waals surface area contributed by atoms with Crippen LogP contribution in [0.15, 0.2) is 10.7 Å². The third-order valence-corrected chi connectivity index (χ3v) is 5.25. The molecule has 0 saturated carbocycles. The van der Waals surface area contributed by atoms with Crippen molar-refractivity contribution in [1.82, 2.24) is 20.0 Å². The molecule has 0 aliphatic carbocycles. The van der Waals surface area contributed by atoms with Gasteiger partial charge in [0.05, 0.1) is 35.1 Å². The van der Waals surface area contributed by atoms with Crippen LogP contribution in [0.2, 0.25) is 0 Å². The van der Waals surface area contributed by atoms with E-state index >= 15 is 0 Å². The molecule has 3 unspecified atom stereocenters. The van der Waals surface area contributed by atoms with E-state index in [1.54, 1.807) is 0 Å². The number of hydrogen-bond acceptors (Lipinski definition) is 4. The molecule has 1 N–H and O–H groups in total. The minimum atomic E-state index is 0.188. The predicted molar refractivity (Wildman–Crippen MR) is 86.4 cm³/mol. The topological polar surface area (TPSA) is 42.3 Å². The molecule has 0 radical (unpaired) electrons. The van der Waals surface area contributed by atoms with Crippen molar-refractivity contribution < 1.29 is 4.74 Å². The molecule has 0 spiro atoms. The molecule has 1 aromatic heterocycles. The number of ether oxygens (including phenoxy) is 1. The first-order valence-corrected chi connectivity index (χ1v) is 8.84. The van der Waals surface area contributed by atoms with E-state index < -0.39 is 0 Å². The van der Waals surface area contributed by atoms with Crippen LogP contribution >= 0.6 is 15.9 Å². The highest BCUT2D eigenvalue weighted by Crippen LogP contribution is 2.32. The zero-order chi connectivity index (χ0) is 14.8. The van der Waals surface area contributed by atoms with Crippen molar-refractivity contribution in [3.8, 4) is 0 Å². The fourth-order valence-electron chi connectivity index (χ4n) is 3.60. The molecule has 3 atom stereocenters. The Hall–Kier alpha value is -0.430. The van der Waals surface area contributed by atoms with Crippen LogP contribution in [-0.4, -0.2) is 53.1 Å². The minimum absolute atomic E-state index is 0.188. The molecule has 6 heteroatoms. The molecule has 2 aliphatic heterocycles. The lowest BCUT2D eigenvalue weighted by Gasteiger charge is -2.39. The summed E-state index contributed by atoms with van der Waals surface area (Å²) in [5.41, 5.74) is 1.21. The summed E-state index contributed by atoms with van der Waals surface area (Å²) < 4.78 is 9.36. The zero-order valence-electron chi connectivity index (χ0n) is 12.9. The highest BCUT2D eigenvalue weighted by atomic mass is 79.9. The standard InChI is InChI=1S/C15H25BrN4O/c1-3-17-14(15-12(16)8-18-20(15)4-2)13-9-19-7-5-6-11(19)10-21-13/h8,11,13-14,17H,3-7,9-10H2,1-2H3. The Morgan fingerprint density at radius 1 is 1.52 bits per heavy atom. The lowest BCUT2D eigenvalue weighted by atomic mass is 10.0. The highest BCUT2D eigenvalue weighted by molar-refractivity contribution is 9.10. The van der Waals surface area contributed by atoms with Crippen LogP contribution in [-0.2, 0) is 11.3 Å². The van der Waals surface area contributed by atoms with E-state index in [4.69, 9.17) is 4.74 Å². The van der Waals surface area contributed by atoms with Gasteiger partial charge in [-0.05, 0) is 48.8 Å². The first-order chi connectivity index (χ1) is 10.2. The SMILES string of the molecule is CCNC(c1c(Br)cnn1CC)C1CN2CCCC2CO1. The molecule has 2 saturated heterocycles. The van der Waals surface area contributed by atoms with Crippen molar-refractivity contribution in [2.75, 3.05) is 26.2 Å². The number of halogens is 1. The van der Waals surface area contributed by atoms with Crippen LogP contribution in [0, 0.1) is 0 Å². The molecular weight excluding hydrogens is 332 g/mol. The van der Waals surface area contributed by atoms with Crippen molar-refractivity contribution in [2.24, 2.45) is 0 Å². The Labute approximate surface area is 135 Å². The number of likely N-dealkylation sites (N-methyl/N-ethyl adjacent to an activating group) is 1. The number of aryl methyl sites for hydroxylation is 1. The summed E-state index contributed by atoms with van der Waals surface area (Å²) in [5.74, 6) is 0. The Bertz CT molecular complexity index is 478. The fourth-order valence-corrected chi connectivity index (χ4v) is 4.14. The molecule has 2 fully saturated rings. The van der Waals surface area contributed by atoms with E-state index in [-0.39, 0.29) is 12.1 Å². The third kappa shape index (κ3) is 3.04. The number of rotatable bonds is 5. The van der Waals surface area contributed by atoms with Gasteiger partial charge in [0.25, 0.3) is 0 Å². The quantitative estimate of drug-likeness (QED) is 0.877. The predicted octanol–water partition coefficient (Wildman–Crippen LogP) is 2.18. The van der Waals surface area contributed by atoms with E-state index in [1.807, 2.05) is 6.20 Å². The van der Waals surface area contributed by atoms with Gasteiger partial charge >= 0.3 is 0 Å². The number of nitrogens with one attached hydrogen (secondary N) is 1. The number of morpholine rings is 1. The van der Waals surface area contributed by atoms with Crippen molar-refractivity contribution in [3.63, 3.8) is 0 Å². The number of hydrogen-bond donors (Lipinski definition) is 1. The molecule has 0 amide bonds. The summed E-state index contributed by atoms with van der Waals surface area (Å²) >= 11 is 3.66. The van der Waals surface area contributed by atoms with Crippen LogP contribution in [0.1, 0.15) is 38.4 Å². The van der Waals surface area contributed by atoms with Crippen molar-refractivity contribution in [3.05, 3.63) is 16.4 Å². The second-order valence-electron chi connectivity index (χ2n) is 5.89. The summed E-state index contributed by atoms with van der Waals surface area (Å²) in [7, 11) is 0. The molecule has 118 valence electrons. The molecule has 2 aliphatic rings. The fraction of sp³-hybridized carbons (Fsp3) is 0.800. The van der Waals surface area contributed by atoms with Crippen molar-refractivity contribution in [2.45, 2.75) is 51.4 Å². The summed E-state index contributed by atoms with van der Waals surface area (Å²) in [6.45, 7) is 9.18. The largest absolute Gasteiger partial charge is 0.373 e. The van der Waals surface area contributed by atoms with Gasteiger partial charge in [0, 0.05) is 19.1 Å². The first kappa shape index (κ1) is 15.5. The smallest absolute Gasteiger partial charge is 0.0912 e. The average molecular weight is 357 g/mol. The minimum Gasteiger partial charge on any atom is -0.373 e. The normalized spacial score (nSPS) is 27.8. The van der Waals surface area contributed by atoms with Gasteiger partial charge in [0.2, 0.25) is 0 Å². The van der Waals surface area contributed by atoms with Crippen molar-refractivity contribution in [1.29, 1.82) is 0 Å². The Morgan fingerprint density at radius 2 is 2.38 bits per heavy atom. The van der Waals surface area contributed by atoms with Crippen LogP contribution < -0.4 is 5.32 Å². The van der Waals surface area contributed by atoms with Gasteiger partial charge in [-0.1, -0.05) is 6.92 Å². The molecule has 5 nitrogen and oxygen atoms in total. The maximum Gasteiger partial charge on any atom is 0.0912 e. The second kappa shape index (κ2) is 6.77. The monoisotopic (exact) mass is 356 g/mol. The Kier molecular flexibility index (Phi) is 4.99. The zero-order valence-corrected chi connectivity index (χ0v) is 14.5. The third-order valence-electron chi connectivity index (χ3n) is 4.64. The Morgan fingerprint density at radius 3 is 3.14 bits per heavy atom. The van der Waals surface area contributed by atoms with Crippen LogP contribution in [0.5, 0.6) is 0 Å². The van der Waals surface area contributed by atoms with Crippen molar-refractivity contribution >= 4 is 15.9 Å². The van der Waals surface area contributed by atoms with Crippen LogP contribution in [0.25, 0.3) is 0 Å². The second-order valence-corrected chi connectivity index (χ2v) is 6.75. The molecule has 1 aromatic rings. The summed E-state index contributed by atoms with van der Waals surface area (Å²) in [4.78, 5) is 2.60. The average Bonchev–Trinajstić information content (AvgIpc) is 3.10. The lowest BCUT2D eigenvalue weighted by molar-refractivity contribution is -0.0663. The summed E-state index contributed by atoms with van der Waals surface area (Å²) in [6.07, 6.45) is 4.68. The van der Waals surface area contributed by atoms with Crippen LogP contribution in [0.3, 0.4) is 0 Å². The van der Waals surface area contributed by atoms with E-state index in [0.717, 1.165) is 30.7 Å². The lowest BCUT2D eigenvalue weighted by Crippen LogP contribution is -2.51. The van der Waals surface area contributed by atoms with Gasteiger partial charge < -0.3 is 10.1 Å². The molecular formula is C15H25BrN4O. The number of aromatic nitrogens is 2. The first-order valence-electron chi connectivity index (χ1n) is 8.04. The van der Waals surface area contributed by atoms with Gasteiger partial charge in [0.1, 0.15) is 0 Å². The van der Waals surface area contributed by atoms with Gasteiger partial charge in [0.15, 0.2) is 0 Å². The van der Waals surface area contributed by atoms with Gasteiger partial charge in [-0.3, -0.25) is 9.58 Å². The van der Waals surface area contributed by atoms with Crippen LogP contribution in [0.4, 0.5) is 0 Å². The van der Waals surface area contributed by atoms with E-state index in [9.17, 15) is 0 Å². The van der Waals surface area contributed by atoms with Gasteiger partial charge in [-0.25, -0.2) is 0 Å². The van der Waals surface area contributed by atoms with E-state index in [1.165, 1.54) is 25.1 Å².